The van der Waals surface area contributed by atoms with Crippen molar-refractivity contribution < 1.29 is 19.5 Å². The van der Waals surface area contributed by atoms with Gasteiger partial charge < -0.3 is 5.11 Å². The Kier molecular flexibility index (Phi) is 1.98. The number of nitrogens with one attached hydrogen (secondary N) is 1. The van der Waals surface area contributed by atoms with E-state index in [4.69, 9.17) is 0 Å². The number of hydrogen-bond acceptors (Lipinski definition) is 4. The van der Waals surface area contributed by atoms with Gasteiger partial charge in [0.2, 0.25) is 0 Å². The number of aldehydes is 1. The van der Waals surface area contributed by atoms with E-state index in [2.05, 4.69) is 5.32 Å². The predicted octanol–water partition coefficient (Wildman–Crippen LogP) is 1.24. The van der Waals surface area contributed by atoms with E-state index in [9.17, 15) is 19.5 Å². The van der Waals surface area contributed by atoms with Crippen LogP contribution in [-0.2, 0) is 0 Å². The van der Waals surface area contributed by atoms with Crippen LogP contribution in [-0.4, -0.2) is 23.2 Å². The third kappa shape index (κ3) is 1.18. The largest absolute Gasteiger partial charge is 0.507 e. The fraction of sp³-hybridized carbons (Fsp3) is 0. The van der Waals surface area contributed by atoms with Crippen molar-refractivity contribution in [3.63, 3.8) is 0 Å². The molecule has 2 aromatic rings. The smallest absolute Gasteiger partial charge is 0.258 e. The summed E-state index contributed by atoms with van der Waals surface area (Å²) in [5.41, 5.74) is 0.564. The highest BCUT2D eigenvalue weighted by Crippen LogP contribution is 2.34. The minimum atomic E-state index is -0.563. The molecule has 88 valence electrons. The van der Waals surface area contributed by atoms with Crippen LogP contribution in [0.5, 0.6) is 5.75 Å². The van der Waals surface area contributed by atoms with Crippen LogP contribution >= 0.6 is 0 Å². The monoisotopic (exact) mass is 241 g/mol. The lowest BCUT2D eigenvalue weighted by Gasteiger charge is -2.17. The molecule has 0 radical (unpaired) electrons. The van der Waals surface area contributed by atoms with Crippen molar-refractivity contribution in [1.82, 2.24) is 5.32 Å². The first-order valence-electron chi connectivity index (χ1n) is 5.23. The molecule has 18 heavy (non-hydrogen) atoms. The van der Waals surface area contributed by atoms with Gasteiger partial charge in [-0.25, -0.2) is 0 Å². The topological polar surface area (TPSA) is 83.5 Å². The van der Waals surface area contributed by atoms with Gasteiger partial charge in [0.25, 0.3) is 11.8 Å². The van der Waals surface area contributed by atoms with E-state index in [0.29, 0.717) is 22.6 Å². The second-order valence-electron chi connectivity index (χ2n) is 3.99. The maximum atomic E-state index is 11.7. The summed E-state index contributed by atoms with van der Waals surface area (Å²) in [6, 6.07) is 6.01. The minimum absolute atomic E-state index is 0.0270. The van der Waals surface area contributed by atoms with E-state index >= 15 is 0 Å². The van der Waals surface area contributed by atoms with Crippen LogP contribution < -0.4 is 5.32 Å². The van der Waals surface area contributed by atoms with Gasteiger partial charge >= 0.3 is 0 Å². The predicted molar refractivity (Wildman–Crippen MR) is 62.8 cm³/mol. The highest BCUT2D eigenvalue weighted by molar-refractivity contribution is 6.26. The van der Waals surface area contributed by atoms with E-state index < -0.39 is 11.8 Å². The quantitative estimate of drug-likeness (QED) is 0.581. The molecule has 0 fully saturated rings. The molecular formula is C13H7NO4. The molecule has 1 aliphatic heterocycles. The van der Waals surface area contributed by atoms with Gasteiger partial charge in [-0.1, -0.05) is 12.1 Å². The Labute approximate surface area is 101 Å². The normalized spacial score (nSPS) is 13.6. The third-order valence-corrected chi connectivity index (χ3v) is 3.01. The van der Waals surface area contributed by atoms with Crippen LogP contribution in [0.1, 0.15) is 31.1 Å². The highest BCUT2D eigenvalue weighted by Gasteiger charge is 2.27. The summed E-state index contributed by atoms with van der Waals surface area (Å²) in [5, 5.41) is 12.8. The van der Waals surface area contributed by atoms with Crippen molar-refractivity contribution in [1.29, 1.82) is 0 Å². The Bertz CT molecular complexity index is 733. The SMILES string of the molecule is O=Cc1cc2c3c(cccc3c1O)C(=O)NC2=O. The van der Waals surface area contributed by atoms with Crippen LogP contribution in [0, 0.1) is 0 Å². The maximum absolute atomic E-state index is 11.7. The Morgan fingerprint density at radius 1 is 1.11 bits per heavy atom. The third-order valence-electron chi connectivity index (χ3n) is 3.01. The molecule has 1 aliphatic rings. The maximum Gasteiger partial charge on any atom is 0.258 e. The molecule has 0 saturated carbocycles. The van der Waals surface area contributed by atoms with Gasteiger partial charge in [0.05, 0.1) is 5.56 Å². The number of rotatable bonds is 1. The van der Waals surface area contributed by atoms with Crippen LogP contribution in [0.2, 0.25) is 0 Å². The first-order chi connectivity index (χ1) is 8.63. The second-order valence-corrected chi connectivity index (χ2v) is 3.99. The summed E-state index contributed by atoms with van der Waals surface area (Å²) in [6.45, 7) is 0. The van der Waals surface area contributed by atoms with Crippen molar-refractivity contribution in [2.24, 2.45) is 0 Å². The zero-order valence-electron chi connectivity index (χ0n) is 9.06. The average molecular weight is 241 g/mol. The molecule has 2 N–H and O–H groups in total. The number of benzene rings is 2. The van der Waals surface area contributed by atoms with Gasteiger partial charge in [-0.05, 0) is 12.1 Å². The highest BCUT2D eigenvalue weighted by atomic mass is 16.3. The average Bonchev–Trinajstić information content (AvgIpc) is 2.37. The molecule has 0 aromatic heterocycles. The number of amides is 2. The molecule has 2 aromatic carbocycles. The number of carbonyl (C=O) groups is 3. The van der Waals surface area contributed by atoms with Crippen LogP contribution in [0.3, 0.4) is 0 Å². The van der Waals surface area contributed by atoms with Crippen molar-refractivity contribution in [2.75, 3.05) is 0 Å². The van der Waals surface area contributed by atoms with E-state index in [-0.39, 0.29) is 16.9 Å². The summed E-state index contributed by atoms with van der Waals surface area (Å²) >= 11 is 0. The second kappa shape index (κ2) is 3.40. The van der Waals surface area contributed by atoms with Crippen molar-refractivity contribution in [2.45, 2.75) is 0 Å². The lowest BCUT2D eigenvalue weighted by atomic mass is 9.92. The first kappa shape index (κ1) is 10.5. The summed E-state index contributed by atoms with van der Waals surface area (Å²) in [5.74, 6) is -1.28. The molecule has 0 saturated heterocycles. The van der Waals surface area contributed by atoms with E-state index in [0.717, 1.165) is 0 Å². The van der Waals surface area contributed by atoms with Gasteiger partial charge in [0.15, 0.2) is 6.29 Å². The zero-order valence-corrected chi connectivity index (χ0v) is 9.06. The number of imide groups is 1. The number of hydrogen-bond donors (Lipinski definition) is 2. The molecule has 3 rings (SSSR count). The number of aromatic hydroxyl groups is 1. The Morgan fingerprint density at radius 2 is 1.83 bits per heavy atom. The van der Waals surface area contributed by atoms with Crippen molar-refractivity contribution in [3.05, 3.63) is 41.0 Å². The van der Waals surface area contributed by atoms with E-state index in [1.54, 1.807) is 18.2 Å². The van der Waals surface area contributed by atoms with Crippen molar-refractivity contribution >= 4 is 28.9 Å². The molecule has 0 atom stereocenters. The molecule has 0 bridgehead atoms. The molecule has 2 amide bonds. The fourth-order valence-corrected chi connectivity index (χ4v) is 2.19. The summed E-state index contributed by atoms with van der Waals surface area (Å²) in [6.07, 6.45) is 0.474. The van der Waals surface area contributed by atoms with Crippen LogP contribution in [0.25, 0.3) is 10.8 Å². The zero-order chi connectivity index (χ0) is 12.9. The minimum Gasteiger partial charge on any atom is -0.507 e. The fourth-order valence-electron chi connectivity index (χ4n) is 2.19. The summed E-state index contributed by atoms with van der Waals surface area (Å²) in [4.78, 5) is 34.3. The lowest BCUT2D eigenvalue weighted by Crippen LogP contribution is -2.34. The van der Waals surface area contributed by atoms with Gasteiger partial charge in [0, 0.05) is 21.9 Å². The Morgan fingerprint density at radius 3 is 2.56 bits per heavy atom. The van der Waals surface area contributed by atoms with Gasteiger partial charge in [0.1, 0.15) is 5.75 Å². The Balaban J connectivity index is 2.57. The number of carbonyl (C=O) groups excluding carboxylic acids is 3. The van der Waals surface area contributed by atoms with Crippen LogP contribution in [0.15, 0.2) is 24.3 Å². The molecule has 5 nitrogen and oxygen atoms in total. The summed E-state index contributed by atoms with van der Waals surface area (Å²) < 4.78 is 0. The van der Waals surface area contributed by atoms with Gasteiger partial charge in [-0.15, -0.1) is 0 Å². The number of phenols is 1. The molecule has 0 unspecified atom stereocenters. The molecule has 5 heteroatoms. The molecule has 0 spiro atoms. The summed E-state index contributed by atoms with van der Waals surface area (Å²) in [7, 11) is 0. The standard InChI is InChI=1S/C13H7NO4/c15-5-6-4-9-10-7(11(6)16)2-1-3-8(10)12(17)14-13(9)18/h1-5,16H,(H,14,17,18). The van der Waals surface area contributed by atoms with Crippen molar-refractivity contribution in [3.8, 4) is 5.75 Å². The van der Waals surface area contributed by atoms with Gasteiger partial charge in [-0.3, -0.25) is 19.7 Å². The van der Waals surface area contributed by atoms with Crippen LogP contribution in [0.4, 0.5) is 0 Å². The van der Waals surface area contributed by atoms with E-state index in [1.807, 2.05) is 0 Å². The molecular weight excluding hydrogens is 234 g/mol. The van der Waals surface area contributed by atoms with E-state index in [1.165, 1.54) is 6.07 Å². The lowest BCUT2D eigenvalue weighted by molar-refractivity contribution is 0.0845. The van der Waals surface area contributed by atoms with Gasteiger partial charge in [-0.2, -0.15) is 0 Å². The molecule has 1 heterocycles. The number of phenolic OH excluding ortho intramolecular Hbond substituents is 1. The first-order valence-corrected chi connectivity index (χ1v) is 5.23. The molecule has 0 aliphatic carbocycles. The Hall–Kier alpha value is -2.69.